The molecule has 5 aromatic rings. The Bertz CT molecular complexity index is 1520. The number of benzene rings is 4. The van der Waals surface area contributed by atoms with Crippen LogP contribution in [0.1, 0.15) is 15.9 Å². The van der Waals surface area contributed by atoms with Crippen molar-refractivity contribution < 1.29 is 19.0 Å². The molecular formula is C27H19ClFNO3. The fourth-order valence-corrected chi connectivity index (χ4v) is 4.42. The molecule has 0 fully saturated rings. The van der Waals surface area contributed by atoms with Crippen molar-refractivity contribution in [3.8, 4) is 16.9 Å². The predicted octanol–water partition coefficient (Wildman–Crippen LogP) is 6.79. The summed E-state index contributed by atoms with van der Waals surface area (Å²) in [6, 6.07) is 22.7. The van der Waals surface area contributed by atoms with Crippen LogP contribution in [0.25, 0.3) is 32.9 Å². The maximum absolute atomic E-state index is 14.6. The van der Waals surface area contributed by atoms with E-state index >= 15 is 0 Å². The van der Waals surface area contributed by atoms with E-state index in [9.17, 15) is 14.3 Å². The third-order valence-corrected chi connectivity index (χ3v) is 6.09. The molecule has 0 saturated heterocycles. The molecule has 164 valence electrons. The minimum atomic E-state index is -0.508. The second kappa shape index (κ2) is 8.26. The van der Waals surface area contributed by atoms with Crippen molar-refractivity contribution in [1.29, 1.82) is 0 Å². The Hall–Kier alpha value is -3.83. The van der Waals surface area contributed by atoms with E-state index < -0.39 is 5.97 Å². The van der Waals surface area contributed by atoms with Crippen molar-refractivity contribution in [3.63, 3.8) is 0 Å². The summed E-state index contributed by atoms with van der Waals surface area (Å²) in [5.74, 6) is -0.812. The number of methoxy groups -OCH3 is 1. The van der Waals surface area contributed by atoms with Crippen LogP contribution < -0.4 is 0 Å². The highest BCUT2D eigenvalue weighted by Crippen LogP contribution is 2.41. The van der Waals surface area contributed by atoms with Gasteiger partial charge in [-0.2, -0.15) is 0 Å². The Morgan fingerprint density at radius 1 is 0.939 bits per heavy atom. The summed E-state index contributed by atoms with van der Waals surface area (Å²) in [5.41, 5.74) is 3.84. The van der Waals surface area contributed by atoms with Crippen molar-refractivity contribution in [3.05, 3.63) is 101 Å². The molecule has 4 nitrogen and oxygen atoms in total. The van der Waals surface area contributed by atoms with Gasteiger partial charge in [0.05, 0.1) is 35.6 Å². The monoisotopic (exact) mass is 459 g/mol. The molecular weight excluding hydrogens is 441 g/mol. The molecule has 0 aliphatic heterocycles. The molecule has 1 aromatic heterocycles. The standard InChI is InChI=1S/C27H19ClFNO3/c1-33-27(32)20-6-4-8-22-25(20)26-23(30(22)15-17-5-2-3-7-21(17)29)13-18(14-24(26)31)16-9-11-19(28)12-10-16/h2-14,31H,15H2,1H3. The Labute approximate surface area is 194 Å². The summed E-state index contributed by atoms with van der Waals surface area (Å²) < 4.78 is 21.4. The van der Waals surface area contributed by atoms with Gasteiger partial charge in [-0.3, -0.25) is 0 Å². The van der Waals surface area contributed by atoms with Crippen LogP contribution in [0.2, 0.25) is 5.02 Å². The van der Waals surface area contributed by atoms with Gasteiger partial charge in [0.15, 0.2) is 0 Å². The van der Waals surface area contributed by atoms with Crippen molar-refractivity contribution in [2.45, 2.75) is 6.54 Å². The Morgan fingerprint density at radius 2 is 1.70 bits per heavy atom. The fraction of sp³-hybridized carbons (Fsp3) is 0.0741. The summed E-state index contributed by atoms with van der Waals surface area (Å²) in [4.78, 5) is 12.5. The second-order valence-electron chi connectivity index (χ2n) is 7.77. The average Bonchev–Trinajstić information content (AvgIpc) is 3.14. The minimum absolute atomic E-state index is 0.0195. The van der Waals surface area contributed by atoms with Gasteiger partial charge in [-0.15, -0.1) is 0 Å². The quantitative estimate of drug-likeness (QED) is 0.301. The van der Waals surface area contributed by atoms with Gasteiger partial charge in [-0.25, -0.2) is 9.18 Å². The van der Waals surface area contributed by atoms with Crippen molar-refractivity contribution in [2.75, 3.05) is 7.11 Å². The van der Waals surface area contributed by atoms with Crippen LogP contribution >= 0.6 is 11.6 Å². The summed E-state index contributed by atoms with van der Waals surface area (Å²) in [6.07, 6.45) is 0. The van der Waals surface area contributed by atoms with Gasteiger partial charge < -0.3 is 14.4 Å². The lowest BCUT2D eigenvalue weighted by molar-refractivity contribution is 0.0603. The third kappa shape index (κ3) is 3.60. The molecule has 5 rings (SSSR count). The number of ether oxygens (including phenoxy) is 1. The Morgan fingerprint density at radius 3 is 2.42 bits per heavy atom. The van der Waals surface area contributed by atoms with Crippen molar-refractivity contribution in [1.82, 2.24) is 4.57 Å². The topological polar surface area (TPSA) is 51.5 Å². The van der Waals surface area contributed by atoms with Crippen LogP contribution in [0.4, 0.5) is 4.39 Å². The van der Waals surface area contributed by atoms with Crippen molar-refractivity contribution >= 4 is 39.4 Å². The number of hydrogen-bond acceptors (Lipinski definition) is 3. The average molecular weight is 460 g/mol. The largest absolute Gasteiger partial charge is 0.507 e. The van der Waals surface area contributed by atoms with Gasteiger partial charge in [-0.1, -0.05) is 48.0 Å². The van der Waals surface area contributed by atoms with Crippen LogP contribution in [-0.2, 0) is 11.3 Å². The number of carbonyl (C=O) groups is 1. The van der Waals surface area contributed by atoms with Gasteiger partial charge >= 0.3 is 5.97 Å². The van der Waals surface area contributed by atoms with E-state index in [1.54, 1.807) is 48.5 Å². The molecule has 4 aromatic carbocycles. The lowest BCUT2D eigenvalue weighted by atomic mass is 10.0. The number of aromatic nitrogens is 1. The lowest BCUT2D eigenvalue weighted by Gasteiger charge is -2.10. The maximum Gasteiger partial charge on any atom is 0.338 e. The van der Waals surface area contributed by atoms with E-state index in [0.717, 1.165) is 11.1 Å². The Kier molecular flexibility index (Phi) is 5.27. The molecule has 0 amide bonds. The van der Waals surface area contributed by atoms with E-state index in [4.69, 9.17) is 16.3 Å². The third-order valence-electron chi connectivity index (χ3n) is 5.84. The molecule has 1 N–H and O–H groups in total. The fourth-order valence-electron chi connectivity index (χ4n) is 4.29. The van der Waals surface area contributed by atoms with Gasteiger partial charge in [0.25, 0.3) is 0 Å². The number of esters is 1. The van der Waals surface area contributed by atoms with Gasteiger partial charge in [0.2, 0.25) is 0 Å². The summed E-state index contributed by atoms with van der Waals surface area (Å²) in [7, 11) is 1.32. The van der Waals surface area contributed by atoms with E-state index in [2.05, 4.69) is 0 Å². The normalized spacial score (nSPS) is 11.2. The zero-order chi connectivity index (χ0) is 23.1. The van der Waals surface area contributed by atoms with Gasteiger partial charge in [0, 0.05) is 16.0 Å². The highest BCUT2D eigenvalue weighted by molar-refractivity contribution is 6.30. The van der Waals surface area contributed by atoms with Crippen LogP contribution in [-0.4, -0.2) is 22.8 Å². The predicted molar refractivity (Wildman–Crippen MR) is 128 cm³/mol. The van der Waals surface area contributed by atoms with E-state index in [-0.39, 0.29) is 18.1 Å². The first kappa shape index (κ1) is 21.0. The van der Waals surface area contributed by atoms with Gasteiger partial charge in [-0.05, 0) is 53.6 Å². The first-order chi connectivity index (χ1) is 16.0. The SMILES string of the molecule is COC(=O)c1cccc2c1c1c(O)cc(-c3ccc(Cl)cc3)cc1n2Cc1ccccc1F. The van der Waals surface area contributed by atoms with E-state index in [1.807, 2.05) is 28.8 Å². The van der Waals surface area contributed by atoms with E-state index in [0.29, 0.717) is 38.0 Å². The summed E-state index contributed by atoms with van der Waals surface area (Å²) in [5, 5.41) is 12.8. The number of nitrogens with zero attached hydrogens (tertiary/aromatic N) is 1. The number of fused-ring (bicyclic) bond motifs is 3. The molecule has 0 aliphatic rings. The Balaban J connectivity index is 1.85. The maximum atomic E-state index is 14.6. The van der Waals surface area contributed by atoms with E-state index in [1.165, 1.54) is 13.2 Å². The number of rotatable bonds is 4. The molecule has 1 heterocycles. The number of aromatic hydroxyl groups is 1. The molecule has 0 saturated carbocycles. The minimum Gasteiger partial charge on any atom is -0.507 e. The number of phenolic OH excluding ortho intramolecular Hbond substituents is 1. The highest BCUT2D eigenvalue weighted by atomic mass is 35.5. The molecule has 0 bridgehead atoms. The molecule has 0 unspecified atom stereocenters. The zero-order valence-corrected chi connectivity index (χ0v) is 18.4. The summed E-state index contributed by atoms with van der Waals surface area (Å²) in [6.45, 7) is 0.223. The smallest absolute Gasteiger partial charge is 0.338 e. The first-order valence-electron chi connectivity index (χ1n) is 10.3. The molecule has 0 radical (unpaired) electrons. The first-order valence-corrected chi connectivity index (χ1v) is 10.7. The molecule has 0 aliphatic carbocycles. The van der Waals surface area contributed by atoms with Crippen LogP contribution in [0.3, 0.4) is 0 Å². The van der Waals surface area contributed by atoms with Crippen molar-refractivity contribution in [2.24, 2.45) is 0 Å². The van der Waals surface area contributed by atoms with Crippen LogP contribution in [0, 0.1) is 5.82 Å². The molecule has 0 atom stereocenters. The van der Waals surface area contributed by atoms with Gasteiger partial charge in [0.1, 0.15) is 11.6 Å². The lowest BCUT2D eigenvalue weighted by Crippen LogP contribution is -2.03. The zero-order valence-electron chi connectivity index (χ0n) is 17.7. The van der Waals surface area contributed by atoms with Crippen LogP contribution in [0.15, 0.2) is 78.9 Å². The highest BCUT2D eigenvalue weighted by Gasteiger charge is 2.22. The number of carbonyl (C=O) groups excluding carboxylic acids is 1. The van der Waals surface area contributed by atoms with Crippen LogP contribution in [0.5, 0.6) is 5.75 Å². The number of phenols is 1. The number of hydrogen-bond donors (Lipinski definition) is 1. The molecule has 0 spiro atoms. The molecule has 6 heteroatoms. The molecule has 33 heavy (non-hydrogen) atoms. The number of halogens is 2. The second-order valence-corrected chi connectivity index (χ2v) is 8.20. The summed E-state index contributed by atoms with van der Waals surface area (Å²) >= 11 is 6.04.